The number of aromatic nitrogens is 3. The highest BCUT2D eigenvalue weighted by molar-refractivity contribution is 8.00. The van der Waals surface area contributed by atoms with Crippen LogP contribution >= 0.6 is 11.8 Å². The first-order valence-corrected chi connectivity index (χ1v) is 12.1. The van der Waals surface area contributed by atoms with Crippen LogP contribution in [0.25, 0.3) is 10.9 Å². The van der Waals surface area contributed by atoms with E-state index in [0.717, 1.165) is 10.4 Å². The maximum absolute atomic E-state index is 14.7. The van der Waals surface area contributed by atoms with Crippen LogP contribution in [0, 0.1) is 5.82 Å². The molecule has 11 heteroatoms. The Morgan fingerprint density at radius 2 is 2.03 bits per heavy atom. The maximum atomic E-state index is 14.7. The predicted octanol–water partition coefficient (Wildman–Crippen LogP) is 1.99. The molecule has 0 aliphatic carbocycles. The molecule has 3 aromatic rings. The molecule has 0 radical (unpaired) electrons. The van der Waals surface area contributed by atoms with E-state index >= 15 is 0 Å². The molecule has 3 aliphatic rings. The van der Waals surface area contributed by atoms with E-state index in [-0.39, 0.29) is 29.2 Å². The number of hydrogen-bond acceptors (Lipinski definition) is 8. The van der Waals surface area contributed by atoms with Crippen molar-refractivity contribution in [3.05, 3.63) is 57.9 Å². The van der Waals surface area contributed by atoms with Crippen LogP contribution in [-0.4, -0.2) is 51.7 Å². The third kappa shape index (κ3) is 3.98. The summed E-state index contributed by atoms with van der Waals surface area (Å²) >= 11 is 1.37. The van der Waals surface area contributed by atoms with Crippen molar-refractivity contribution in [1.82, 2.24) is 19.9 Å². The largest absolute Gasteiger partial charge is 0.351 e. The lowest BCUT2D eigenvalue weighted by atomic mass is 9.95. The SMILES string of the molecule is O=C1CSc2ncc(CNC3COC(CC4Cn5c(=O)ccc6ccc(F)c4c65)OC3)nc2N1. The third-order valence-electron chi connectivity index (χ3n) is 6.35. The number of carbonyl (C=O) groups excluding carboxylic acids is 1. The van der Waals surface area contributed by atoms with Crippen molar-refractivity contribution < 1.29 is 18.7 Å². The van der Waals surface area contributed by atoms with Gasteiger partial charge >= 0.3 is 0 Å². The summed E-state index contributed by atoms with van der Waals surface area (Å²) in [6.07, 6.45) is 1.69. The molecule has 0 saturated carbocycles. The molecule has 1 saturated heterocycles. The van der Waals surface area contributed by atoms with Gasteiger partial charge in [-0.15, -0.1) is 0 Å². The molecule has 1 amide bonds. The van der Waals surface area contributed by atoms with Gasteiger partial charge in [-0.2, -0.15) is 0 Å². The smallest absolute Gasteiger partial charge is 0.251 e. The second kappa shape index (κ2) is 8.73. The number of hydrogen-bond donors (Lipinski definition) is 2. The lowest BCUT2D eigenvalue weighted by Gasteiger charge is -2.31. The third-order valence-corrected chi connectivity index (χ3v) is 7.33. The van der Waals surface area contributed by atoms with Crippen molar-refractivity contribution in [2.45, 2.75) is 42.8 Å². The van der Waals surface area contributed by atoms with Gasteiger partial charge in [0.25, 0.3) is 5.56 Å². The monoisotopic (exact) mass is 483 g/mol. The summed E-state index contributed by atoms with van der Waals surface area (Å²) in [5, 5.41) is 7.66. The van der Waals surface area contributed by atoms with Crippen LogP contribution in [0.15, 0.2) is 40.3 Å². The summed E-state index contributed by atoms with van der Waals surface area (Å²) in [7, 11) is 0. The van der Waals surface area contributed by atoms with Crippen molar-refractivity contribution in [1.29, 1.82) is 0 Å². The summed E-state index contributed by atoms with van der Waals surface area (Å²) in [5.74, 6) is 0.277. The van der Waals surface area contributed by atoms with E-state index in [0.29, 0.717) is 61.1 Å². The van der Waals surface area contributed by atoms with E-state index < -0.39 is 6.29 Å². The minimum Gasteiger partial charge on any atom is -0.351 e. The standard InChI is InChI=1S/C23H22FN5O4S/c24-16-3-1-12-2-4-18(31)29-8-13(20(16)21(12)29)5-19-32-9-15(10-33-19)25-6-14-7-26-23-22(27-14)28-17(30)11-34-23/h1-4,7,13,15,19,25H,5-6,8-11H2,(H,27,28,30). The first kappa shape index (κ1) is 21.7. The quantitative estimate of drug-likeness (QED) is 0.568. The second-order valence-corrected chi connectivity index (χ2v) is 9.60. The minimum atomic E-state index is -0.474. The molecular weight excluding hydrogens is 461 g/mol. The lowest BCUT2D eigenvalue weighted by molar-refractivity contribution is -0.194. The highest BCUT2D eigenvalue weighted by atomic mass is 32.2. The Kier molecular flexibility index (Phi) is 5.56. The minimum absolute atomic E-state index is 0.0402. The van der Waals surface area contributed by atoms with Crippen molar-refractivity contribution in [3.8, 4) is 0 Å². The van der Waals surface area contributed by atoms with Crippen molar-refractivity contribution in [2.24, 2.45) is 0 Å². The van der Waals surface area contributed by atoms with Gasteiger partial charge in [0.15, 0.2) is 12.1 Å². The number of ether oxygens (including phenoxy) is 2. The van der Waals surface area contributed by atoms with Gasteiger partial charge in [-0.3, -0.25) is 9.59 Å². The molecule has 1 atom stereocenters. The number of nitrogens with one attached hydrogen (secondary N) is 2. The van der Waals surface area contributed by atoms with Crippen LogP contribution in [0.3, 0.4) is 0 Å². The Labute approximate surface area is 198 Å². The van der Waals surface area contributed by atoms with Crippen LogP contribution in [-0.2, 0) is 27.4 Å². The van der Waals surface area contributed by atoms with E-state index in [4.69, 9.17) is 9.47 Å². The molecule has 3 aliphatic heterocycles. The van der Waals surface area contributed by atoms with Crippen LogP contribution in [0.4, 0.5) is 10.2 Å². The van der Waals surface area contributed by atoms with Crippen molar-refractivity contribution in [3.63, 3.8) is 0 Å². The van der Waals surface area contributed by atoms with E-state index in [1.54, 1.807) is 22.9 Å². The molecule has 5 heterocycles. The topological polar surface area (TPSA) is 107 Å². The molecule has 1 fully saturated rings. The van der Waals surface area contributed by atoms with E-state index in [1.165, 1.54) is 23.9 Å². The molecule has 0 spiro atoms. The zero-order valence-electron chi connectivity index (χ0n) is 18.1. The van der Waals surface area contributed by atoms with Crippen LogP contribution in [0.1, 0.15) is 23.6 Å². The fraction of sp³-hybridized carbons (Fsp3) is 0.391. The molecule has 176 valence electrons. The van der Waals surface area contributed by atoms with E-state index in [9.17, 15) is 14.0 Å². The first-order valence-electron chi connectivity index (χ1n) is 11.1. The first-order chi connectivity index (χ1) is 16.5. The van der Waals surface area contributed by atoms with Crippen LogP contribution < -0.4 is 16.2 Å². The fourth-order valence-corrected chi connectivity index (χ4v) is 5.44. The maximum Gasteiger partial charge on any atom is 0.251 e. The number of amides is 1. The number of rotatable bonds is 5. The van der Waals surface area contributed by atoms with Crippen LogP contribution in [0.5, 0.6) is 0 Å². The average Bonchev–Trinajstić information content (AvgIpc) is 3.23. The lowest BCUT2D eigenvalue weighted by Crippen LogP contribution is -2.44. The van der Waals surface area contributed by atoms with Gasteiger partial charge in [-0.1, -0.05) is 11.8 Å². The number of nitrogens with zero attached hydrogens (tertiary/aromatic N) is 3. The number of anilines is 1. The number of benzene rings is 1. The number of thioether (sulfide) groups is 1. The molecule has 1 unspecified atom stereocenters. The Bertz CT molecular complexity index is 1340. The predicted molar refractivity (Wildman–Crippen MR) is 123 cm³/mol. The number of carbonyl (C=O) groups is 1. The molecule has 9 nitrogen and oxygen atoms in total. The highest BCUT2D eigenvalue weighted by Gasteiger charge is 2.33. The van der Waals surface area contributed by atoms with Crippen LogP contribution in [0.2, 0.25) is 0 Å². The Morgan fingerprint density at radius 1 is 1.21 bits per heavy atom. The van der Waals surface area contributed by atoms with E-state index in [1.807, 2.05) is 0 Å². The van der Waals surface area contributed by atoms with Gasteiger partial charge in [-0.25, -0.2) is 14.4 Å². The molecule has 2 N–H and O–H groups in total. The number of pyridine rings is 1. The van der Waals surface area contributed by atoms with Gasteiger partial charge in [0.2, 0.25) is 5.91 Å². The summed E-state index contributed by atoms with van der Waals surface area (Å²) in [6.45, 7) is 1.74. The Hall–Kier alpha value is -2.86. The van der Waals surface area contributed by atoms with Gasteiger partial charge in [-0.05, 0) is 23.6 Å². The van der Waals surface area contributed by atoms with Gasteiger partial charge in [0.05, 0.1) is 42.4 Å². The molecule has 2 aromatic heterocycles. The highest BCUT2D eigenvalue weighted by Crippen LogP contribution is 2.38. The molecule has 1 aromatic carbocycles. The molecule has 0 bridgehead atoms. The van der Waals surface area contributed by atoms with Gasteiger partial charge in [0, 0.05) is 37.1 Å². The average molecular weight is 484 g/mol. The number of fused-ring (bicyclic) bond motifs is 1. The van der Waals surface area contributed by atoms with Gasteiger partial charge in [0.1, 0.15) is 10.8 Å². The zero-order chi connectivity index (χ0) is 23.2. The Balaban J connectivity index is 1.06. The summed E-state index contributed by atoms with van der Waals surface area (Å²) in [5.41, 5.74) is 1.83. The summed E-state index contributed by atoms with van der Waals surface area (Å²) < 4.78 is 28.2. The Morgan fingerprint density at radius 3 is 2.88 bits per heavy atom. The summed E-state index contributed by atoms with van der Waals surface area (Å²) in [4.78, 5) is 32.7. The number of halogens is 1. The second-order valence-electron chi connectivity index (χ2n) is 8.64. The normalized spacial score (nSPS) is 23.7. The zero-order valence-corrected chi connectivity index (χ0v) is 18.9. The fourth-order valence-electron chi connectivity index (χ4n) is 4.74. The molecule has 6 rings (SSSR count). The van der Waals surface area contributed by atoms with Gasteiger partial charge < -0.3 is 24.7 Å². The summed E-state index contributed by atoms with van der Waals surface area (Å²) in [6, 6.07) is 6.39. The molecular formula is C23H22FN5O4S. The van der Waals surface area contributed by atoms with Crippen molar-refractivity contribution >= 4 is 34.4 Å². The van der Waals surface area contributed by atoms with E-state index in [2.05, 4.69) is 20.6 Å². The molecule has 34 heavy (non-hydrogen) atoms. The van der Waals surface area contributed by atoms with Crippen molar-refractivity contribution in [2.75, 3.05) is 24.3 Å².